The molecule has 0 aromatic heterocycles. The topological polar surface area (TPSA) is 485 Å². The van der Waals surface area contributed by atoms with Crippen molar-refractivity contribution in [3.63, 3.8) is 0 Å². The number of fused-ring (bicyclic) bond motifs is 4. The summed E-state index contributed by atoms with van der Waals surface area (Å²) in [6.07, 6.45) is -41.2. The Bertz CT molecular complexity index is 2860. The number of esters is 2. The van der Waals surface area contributed by atoms with Gasteiger partial charge in [0.2, 0.25) is 0 Å². The van der Waals surface area contributed by atoms with E-state index in [1.54, 1.807) is 0 Å². The molecule has 10 fully saturated rings. The normalized spacial score (nSPS) is 50.8. The Morgan fingerprint density at radius 3 is 1.49 bits per heavy atom. The predicted molar refractivity (Wildman–Crippen MR) is 337 cm³/mol. The molecule has 578 valence electrons. The Labute approximate surface area is 585 Å². The molecule has 15 N–H and O–H groups in total. The van der Waals surface area contributed by atoms with Crippen LogP contribution >= 0.6 is 0 Å². The number of aliphatic hydroxyl groups excluding tert-OH is 15. The quantitative estimate of drug-likeness (QED) is 0.0343. The Morgan fingerprint density at radius 2 is 1.00 bits per heavy atom. The van der Waals surface area contributed by atoms with Gasteiger partial charge in [-0.15, -0.1) is 6.58 Å². The van der Waals surface area contributed by atoms with Gasteiger partial charge < -0.3 is 152 Å². The van der Waals surface area contributed by atoms with E-state index in [1.165, 1.54) is 26.7 Å². The first-order valence-electron chi connectivity index (χ1n) is 35.2. The largest absolute Gasteiger partial charge is 0.462 e. The maximum atomic E-state index is 14.8. The minimum atomic E-state index is -2.07. The molecular weight excluding hydrogens is 1340 g/mol. The second-order valence-electron chi connectivity index (χ2n) is 31.0. The van der Waals surface area contributed by atoms with Gasteiger partial charge in [0, 0.05) is 45.3 Å². The van der Waals surface area contributed by atoms with Crippen LogP contribution in [0, 0.1) is 39.4 Å². The zero-order valence-electron chi connectivity index (χ0n) is 58.5. The van der Waals surface area contributed by atoms with Gasteiger partial charge in [-0.2, -0.15) is 0 Å². The van der Waals surface area contributed by atoms with Crippen LogP contribution in [-0.2, 0) is 85.4 Å². The highest BCUT2D eigenvalue weighted by Gasteiger charge is 2.77. The van der Waals surface area contributed by atoms with Crippen molar-refractivity contribution in [1.29, 1.82) is 0 Å². The SMILES string of the molecule is C=C(C)C[C@@H](C[C@]1(C)OC(=O)[C@@]23CC[C@@H]4C(=CC[C@H]5C(C)(C)[C@@H](O[C@@H]6OC[C@@H](O[C@@H]7O[C@H](CO)[C@@H](O)[C@H](O[C@@H]8O[C@H](CO)[C@@H](O)[C@H](OC)[C@H]8O)[C@H]7O)[C@H](O)[C@H]6O[C@@H]6OC[C@@H](O[C@@H]7O[C@H](CO)[C@@H](O)[C@H](O[C@@H]8O[C@H](CO)[C@@H](O)[C@H](OC)[C@H]8O)[C@H]7O)[C@H](O)[C@H]6O)CC[C@]45C)[C@]2(C)CC[C@H]13)OC(C)=O. The molecule has 37 atom stereocenters. The van der Waals surface area contributed by atoms with E-state index in [0.29, 0.717) is 44.9 Å². The summed E-state index contributed by atoms with van der Waals surface area (Å²) >= 11 is 0. The van der Waals surface area contributed by atoms with Gasteiger partial charge in [-0.1, -0.05) is 44.9 Å². The Kier molecular flexibility index (Phi) is 24.4. The molecule has 0 bridgehead atoms. The van der Waals surface area contributed by atoms with Crippen molar-refractivity contribution in [2.75, 3.05) is 53.9 Å². The van der Waals surface area contributed by atoms with Gasteiger partial charge in [0.1, 0.15) is 146 Å². The highest BCUT2D eigenvalue weighted by molar-refractivity contribution is 5.83. The lowest BCUT2D eigenvalue weighted by Crippen LogP contribution is -2.67. The summed E-state index contributed by atoms with van der Waals surface area (Å²) in [5.41, 5.74) is -1.12. The van der Waals surface area contributed by atoms with Crippen LogP contribution in [0.2, 0.25) is 0 Å². The smallest absolute Gasteiger partial charge is 0.313 e. The molecule has 11 rings (SSSR count). The van der Waals surface area contributed by atoms with Gasteiger partial charge in [-0.05, 0) is 81.5 Å². The second kappa shape index (κ2) is 31.1. The average molecular weight is 1450 g/mol. The lowest BCUT2D eigenvalue weighted by atomic mass is 9.41. The van der Waals surface area contributed by atoms with E-state index in [0.717, 1.165) is 18.4 Å². The highest BCUT2D eigenvalue weighted by Crippen LogP contribution is 2.76. The van der Waals surface area contributed by atoms with E-state index < -0.39 is 252 Å². The molecule has 0 unspecified atom stereocenters. The lowest BCUT2D eigenvalue weighted by molar-refractivity contribution is -0.392. The first kappa shape index (κ1) is 79.3. The summed E-state index contributed by atoms with van der Waals surface area (Å²) in [6, 6.07) is 0. The molecular formula is C68H108O33. The maximum absolute atomic E-state index is 14.8. The Balaban J connectivity index is 0.827. The fourth-order valence-electron chi connectivity index (χ4n) is 19.4. The van der Waals surface area contributed by atoms with Crippen molar-refractivity contribution in [2.24, 2.45) is 39.4 Å². The first-order chi connectivity index (χ1) is 47.7. The van der Waals surface area contributed by atoms with Gasteiger partial charge in [-0.3, -0.25) is 9.59 Å². The summed E-state index contributed by atoms with van der Waals surface area (Å²) in [5, 5.41) is 167. The molecule has 101 heavy (non-hydrogen) atoms. The number of aliphatic hydroxyl groups is 15. The minimum absolute atomic E-state index is 0.0355. The molecule has 33 heteroatoms. The molecule has 7 saturated heterocycles. The first-order valence-corrected chi connectivity index (χ1v) is 35.2. The fourth-order valence-corrected chi connectivity index (χ4v) is 19.4. The van der Waals surface area contributed by atoms with Crippen molar-refractivity contribution >= 4 is 11.9 Å². The summed E-state index contributed by atoms with van der Waals surface area (Å²) in [6.45, 7) is 13.6. The number of rotatable bonds is 23. The van der Waals surface area contributed by atoms with Crippen LogP contribution in [0.1, 0.15) is 106 Å². The van der Waals surface area contributed by atoms with E-state index in [9.17, 15) is 86.2 Å². The molecule has 7 heterocycles. The monoisotopic (exact) mass is 1450 g/mol. The van der Waals surface area contributed by atoms with Crippen LogP contribution < -0.4 is 0 Å². The van der Waals surface area contributed by atoms with Gasteiger partial charge in [0.25, 0.3) is 0 Å². The number of carbonyl (C=O) groups excluding carboxylic acids is 2. The van der Waals surface area contributed by atoms with Crippen molar-refractivity contribution in [1.82, 2.24) is 0 Å². The Hall–Kier alpha value is -2.74. The second-order valence-corrected chi connectivity index (χ2v) is 31.0. The predicted octanol–water partition coefficient (Wildman–Crippen LogP) is -3.93. The van der Waals surface area contributed by atoms with E-state index in [2.05, 4.69) is 40.3 Å². The van der Waals surface area contributed by atoms with Crippen molar-refractivity contribution in [2.45, 2.75) is 296 Å². The van der Waals surface area contributed by atoms with E-state index in [1.807, 2.05) is 13.8 Å². The number of hydrogen-bond acceptors (Lipinski definition) is 33. The van der Waals surface area contributed by atoms with Gasteiger partial charge in [-0.25, -0.2) is 0 Å². The minimum Gasteiger partial charge on any atom is -0.462 e. The molecule has 7 aliphatic heterocycles. The van der Waals surface area contributed by atoms with Crippen molar-refractivity contribution < 1.29 is 162 Å². The number of allylic oxidation sites excluding steroid dienone is 2. The maximum Gasteiger partial charge on any atom is 0.313 e. The summed E-state index contributed by atoms with van der Waals surface area (Å²) in [7, 11) is 2.36. The van der Waals surface area contributed by atoms with Crippen LogP contribution in [0.3, 0.4) is 0 Å². The summed E-state index contributed by atoms with van der Waals surface area (Å²) in [4.78, 5) is 27.1. The third-order valence-corrected chi connectivity index (χ3v) is 24.6. The molecule has 33 nitrogen and oxygen atoms in total. The Morgan fingerprint density at radius 1 is 0.535 bits per heavy atom. The molecule has 0 aromatic carbocycles. The van der Waals surface area contributed by atoms with Crippen molar-refractivity contribution in [3.8, 4) is 0 Å². The van der Waals surface area contributed by atoms with E-state index in [4.69, 9.17) is 75.8 Å². The summed E-state index contributed by atoms with van der Waals surface area (Å²) in [5.74, 6) is -0.743. The average Bonchev–Trinajstić information content (AvgIpc) is 1.53. The van der Waals surface area contributed by atoms with Crippen LogP contribution in [0.5, 0.6) is 0 Å². The number of carbonyl (C=O) groups is 2. The lowest BCUT2D eigenvalue weighted by Gasteiger charge is -2.64. The van der Waals surface area contributed by atoms with Crippen LogP contribution in [0.4, 0.5) is 0 Å². The van der Waals surface area contributed by atoms with Gasteiger partial charge >= 0.3 is 11.9 Å². The summed E-state index contributed by atoms with van der Waals surface area (Å²) < 4.78 is 95.6. The van der Waals surface area contributed by atoms with Crippen LogP contribution in [-0.4, -0.2) is 332 Å². The third-order valence-electron chi connectivity index (χ3n) is 24.6. The van der Waals surface area contributed by atoms with E-state index in [-0.39, 0.29) is 29.1 Å². The zero-order valence-corrected chi connectivity index (χ0v) is 58.5. The molecule has 0 radical (unpaired) electrons. The molecule has 1 spiro atoms. The number of hydrogen-bond donors (Lipinski definition) is 15. The van der Waals surface area contributed by atoms with Gasteiger partial charge in [0.05, 0.1) is 51.2 Å². The van der Waals surface area contributed by atoms with E-state index >= 15 is 0 Å². The van der Waals surface area contributed by atoms with Crippen molar-refractivity contribution in [3.05, 3.63) is 23.8 Å². The molecule has 4 aliphatic carbocycles. The van der Waals surface area contributed by atoms with Crippen LogP contribution in [0.25, 0.3) is 0 Å². The molecule has 0 amide bonds. The fraction of sp³-hybridized carbons (Fsp3) is 0.912. The zero-order chi connectivity index (χ0) is 73.5. The number of cyclic esters (lactones) is 1. The number of methoxy groups -OCH3 is 2. The highest BCUT2D eigenvalue weighted by atomic mass is 16.8. The molecule has 11 aliphatic rings. The van der Waals surface area contributed by atoms with Crippen LogP contribution in [0.15, 0.2) is 23.8 Å². The molecule has 3 saturated carbocycles. The standard InChI is InChI=1S/C68H108O33/c1-27(2)19-29(90-28(3)73)20-67(8)39-14-17-66(7)31-11-12-38-64(4,5)40(15-16-65(38,6)30(31)13-18-68(39,66)63(85)101-67)97-62-56(46(79)37(26-89-62)96-59-51(84)55(45(78)35(24-72)92-59)99-61-49(82)53(87-10)43(76)33(22-70)94-61)100-57-47(80)41(74)36(25-88-57)95-58-50(83)54(44(77)34(23-71)91-58)98-60-48(81)52(86-9)42(75)32(21-69)93-60/h11,29-30,32-62,69-72,74-84H,1,12-26H2,2-10H3/t29-,30+,32+,33+,34+,35+,36+,37+,38-,39+,40-,41-,42+,43+,44+,45+,46-,47+,48+,49+,50+,51+,52-,53-,54-,55-,56+,57-,58-,59-,60-,61-,62-,65+,66-,67-,68-/m0/s1. The van der Waals surface area contributed by atoms with Gasteiger partial charge in [0.15, 0.2) is 37.7 Å². The molecule has 0 aromatic rings. The number of ether oxygens (including phenoxy) is 16. The third kappa shape index (κ3) is 14.2.